The minimum atomic E-state index is -0.208. The fourth-order valence-corrected chi connectivity index (χ4v) is 2.55. The molecule has 2 N–H and O–H groups in total. The zero-order valence-corrected chi connectivity index (χ0v) is 12.0. The molecular formula is C16H15NO2S. The first-order valence-corrected chi connectivity index (χ1v) is 7.10. The number of aryl methyl sites for hydroxylation is 1. The van der Waals surface area contributed by atoms with E-state index in [1.807, 2.05) is 36.6 Å². The molecule has 1 amide bonds. The summed E-state index contributed by atoms with van der Waals surface area (Å²) in [6.45, 7) is 2.31. The van der Waals surface area contributed by atoms with Crippen molar-refractivity contribution in [3.8, 4) is 11.8 Å². The van der Waals surface area contributed by atoms with Gasteiger partial charge in [0.15, 0.2) is 0 Å². The number of aliphatic hydroxyl groups is 1. The van der Waals surface area contributed by atoms with E-state index in [9.17, 15) is 4.79 Å². The van der Waals surface area contributed by atoms with Crippen LogP contribution in [-0.2, 0) is 6.54 Å². The molecule has 0 radical (unpaired) electrons. The van der Waals surface area contributed by atoms with Crippen molar-refractivity contribution in [1.29, 1.82) is 0 Å². The summed E-state index contributed by atoms with van der Waals surface area (Å²) in [6.07, 6.45) is 0. The Balaban J connectivity index is 2.06. The Morgan fingerprint density at radius 1 is 1.35 bits per heavy atom. The average molecular weight is 285 g/mol. The molecule has 0 spiro atoms. The van der Waals surface area contributed by atoms with E-state index < -0.39 is 0 Å². The van der Waals surface area contributed by atoms with Gasteiger partial charge in [-0.3, -0.25) is 4.79 Å². The maximum Gasteiger partial charge on any atom is 0.262 e. The molecule has 1 aromatic heterocycles. The first-order chi connectivity index (χ1) is 9.72. The molecule has 2 aromatic rings. The van der Waals surface area contributed by atoms with Gasteiger partial charge in [-0.2, -0.15) is 0 Å². The molecule has 3 nitrogen and oxygen atoms in total. The molecule has 0 aliphatic carbocycles. The zero-order valence-electron chi connectivity index (χ0n) is 11.1. The molecule has 0 saturated carbocycles. The van der Waals surface area contributed by atoms with Crippen molar-refractivity contribution in [2.45, 2.75) is 13.5 Å². The number of aliphatic hydroxyl groups excluding tert-OH is 1. The van der Waals surface area contributed by atoms with E-state index in [2.05, 4.69) is 17.2 Å². The lowest BCUT2D eigenvalue weighted by molar-refractivity contribution is 0.0954. The van der Waals surface area contributed by atoms with Crippen LogP contribution in [0.3, 0.4) is 0 Å². The summed E-state index contributed by atoms with van der Waals surface area (Å²) in [5.74, 6) is 5.21. The Bertz CT molecular complexity index is 664. The summed E-state index contributed by atoms with van der Waals surface area (Å²) in [7, 11) is 0. The first kappa shape index (κ1) is 14.3. The van der Waals surface area contributed by atoms with Crippen molar-refractivity contribution < 1.29 is 9.90 Å². The third-order valence-corrected chi connectivity index (χ3v) is 3.79. The number of amides is 1. The minimum absolute atomic E-state index is 0.134. The topological polar surface area (TPSA) is 49.3 Å². The van der Waals surface area contributed by atoms with E-state index in [0.29, 0.717) is 17.0 Å². The van der Waals surface area contributed by atoms with E-state index in [1.54, 1.807) is 6.07 Å². The number of hydrogen-bond donors (Lipinski definition) is 2. The number of benzene rings is 1. The second-order valence-corrected chi connectivity index (χ2v) is 5.15. The van der Waals surface area contributed by atoms with Crippen molar-refractivity contribution in [3.63, 3.8) is 0 Å². The SMILES string of the molecule is Cc1ccccc1CNC(=O)c1sccc1C#CCO. The molecule has 0 aliphatic heterocycles. The molecule has 0 saturated heterocycles. The summed E-state index contributed by atoms with van der Waals surface area (Å²) in [5, 5.41) is 13.4. The zero-order chi connectivity index (χ0) is 14.4. The number of nitrogens with one attached hydrogen (secondary N) is 1. The number of hydrogen-bond acceptors (Lipinski definition) is 3. The quantitative estimate of drug-likeness (QED) is 0.850. The van der Waals surface area contributed by atoms with Gasteiger partial charge in [-0.25, -0.2) is 0 Å². The molecule has 2 rings (SSSR count). The fraction of sp³-hybridized carbons (Fsp3) is 0.188. The lowest BCUT2D eigenvalue weighted by Crippen LogP contribution is -2.22. The Morgan fingerprint density at radius 2 is 2.15 bits per heavy atom. The fourth-order valence-electron chi connectivity index (χ4n) is 1.78. The molecule has 0 aliphatic rings. The Hall–Kier alpha value is -2.09. The van der Waals surface area contributed by atoms with Crippen LogP contribution >= 0.6 is 11.3 Å². The number of thiophene rings is 1. The van der Waals surface area contributed by atoms with Crippen LogP contribution in [-0.4, -0.2) is 17.6 Å². The van der Waals surface area contributed by atoms with Gasteiger partial charge in [-0.15, -0.1) is 11.3 Å². The predicted octanol–water partition coefficient (Wildman–Crippen LogP) is 2.33. The lowest BCUT2D eigenvalue weighted by atomic mass is 10.1. The van der Waals surface area contributed by atoms with Gasteiger partial charge >= 0.3 is 0 Å². The van der Waals surface area contributed by atoms with Crippen LogP contribution in [0.4, 0.5) is 0 Å². The van der Waals surface area contributed by atoms with Gasteiger partial charge in [0.1, 0.15) is 11.5 Å². The number of rotatable bonds is 3. The normalized spacial score (nSPS) is 9.70. The van der Waals surface area contributed by atoms with Gasteiger partial charge in [0, 0.05) is 12.1 Å². The van der Waals surface area contributed by atoms with Gasteiger partial charge in [0.05, 0.1) is 0 Å². The van der Waals surface area contributed by atoms with E-state index in [-0.39, 0.29) is 12.5 Å². The highest BCUT2D eigenvalue weighted by Gasteiger charge is 2.11. The van der Waals surface area contributed by atoms with Crippen molar-refractivity contribution in [2.75, 3.05) is 6.61 Å². The van der Waals surface area contributed by atoms with Crippen LogP contribution in [0.1, 0.15) is 26.4 Å². The average Bonchev–Trinajstić information content (AvgIpc) is 2.92. The monoisotopic (exact) mass is 285 g/mol. The standard InChI is InChI=1S/C16H15NO2S/c1-12-5-2-3-6-14(12)11-17-16(19)15-13(7-4-9-18)8-10-20-15/h2-3,5-6,8,10,18H,9,11H2,1H3,(H,17,19). The molecule has 1 aromatic carbocycles. The Kier molecular flexibility index (Phi) is 4.94. The van der Waals surface area contributed by atoms with Gasteiger partial charge in [0.2, 0.25) is 0 Å². The smallest absolute Gasteiger partial charge is 0.262 e. The maximum atomic E-state index is 12.1. The maximum absolute atomic E-state index is 12.1. The van der Waals surface area contributed by atoms with Crippen LogP contribution in [0, 0.1) is 18.8 Å². The molecular weight excluding hydrogens is 270 g/mol. The van der Waals surface area contributed by atoms with Crippen LogP contribution in [0.5, 0.6) is 0 Å². The van der Waals surface area contributed by atoms with Crippen molar-refractivity contribution in [1.82, 2.24) is 5.32 Å². The summed E-state index contributed by atoms with van der Waals surface area (Å²) in [4.78, 5) is 12.7. The van der Waals surface area contributed by atoms with E-state index >= 15 is 0 Å². The predicted molar refractivity (Wildman–Crippen MR) is 80.6 cm³/mol. The van der Waals surface area contributed by atoms with Gasteiger partial charge in [0.25, 0.3) is 5.91 Å². The first-order valence-electron chi connectivity index (χ1n) is 6.22. The van der Waals surface area contributed by atoms with E-state index in [0.717, 1.165) is 11.1 Å². The van der Waals surface area contributed by atoms with Crippen molar-refractivity contribution in [3.05, 3.63) is 57.3 Å². The molecule has 4 heteroatoms. The summed E-state index contributed by atoms with van der Waals surface area (Å²) in [5.41, 5.74) is 2.91. The third kappa shape index (κ3) is 3.47. The highest BCUT2D eigenvalue weighted by Crippen LogP contribution is 2.16. The molecule has 0 atom stereocenters. The van der Waals surface area contributed by atoms with Crippen LogP contribution in [0.15, 0.2) is 35.7 Å². The molecule has 1 heterocycles. The van der Waals surface area contributed by atoms with E-state index in [4.69, 9.17) is 5.11 Å². The molecule has 20 heavy (non-hydrogen) atoms. The molecule has 0 bridgehead atoms. The van der Waals surface area contributed by atoms with Crippen LogP contribution < -0.4 is 5.32 Å². The van der Waals surface area contributed by atoms with Gasteiger partial charge < -0.3 is 10.4 Å². The summed E-state index contributed by atoms with van der Waals surface area (Å²) < 4.78 is 0. The van der Waals surface area contributed by atoms with Gasteiger partial charge in [-0.1, -0.05) is 36.1 Å². The van der Waals surface area contributed by atoms with Crippen LogP contribution in [0.25, 0.3) is 0 Å². The highest BCUT2D eigenvalue weighted by molar-refractivity contribution is 7.12. The van der Waals surface area contributed by atoms with Crippen molar-refractivity contribution >= 4 is 17.2 Å². The molecule has 0 unspecified atom stereocenters. The number of carbonyl (C=O) groups is 1. The summed E-state index contributed by atoms with van der Waals surface area (Å²) in [6, 6.07) is 9.73. The van der Waals surface area contributed by atoms with E-state index in [1.165, 1.54) is 11.3 Å². The Morgan fingerprint density at radius 3 is 2.90 bits per heavy atom. The van der Waals surface area contributed by atoms with Gasteiger partial charge in [-0.05, 0) is 29.5 Å². The summed E-state index contributed by atoms with van der Waals surface area (Å²) >= 11 is 1.35. The second kappa shape index (κ2) is 6.90. The highest BCUT2D eigenvalue weighted by atomic mass is 32.1. The molecule has 0 fully saturated rings. The number of carbonyl (C=O) groups excluding carboxylic acids is 1. The second-order valence-electron chi connectivity index (χ2n) is 4.23. The van der Waals surface area contributed by atoms with Crippen LogP contribution in [0.2, 0.25) is 0 Å². The largest absolute Gasteiger partial charge is 0.384 e. The minimum Gasteiger partial charge on any atom is -0.384 e. The lowest BCUT2D eigenvalue weighted by Gasteiger charge is -2.07. The third-order valence-electron chi connectivity index (χ3n) is 2.87. The Labute approximate surface area is 122 Å². The van der Waals surface area contributed by atoms with Crippen molar-refractivity contribution in [2.24, 2.45) is 0 Å². The molecule has 102 valence electrons.